The van der Waals surface area contributed by atoms with Crippen LogP contribution in [0.3, 0.4) is 0 Å². The molecule has 0 spiro atoms. The number of nitrogens with one attached hydrogen (secondary N) is 2. The van der Waals surface area contributed by atoms with E-state index in [1.807, 2.05) is 30.5 Å². The molecule has 2 aromatic heterocycles. The Kier molecular flexibility index (Phi) is 5.84. The highest BCUT2D eigenvalue weighted by atomic mass is 16.2. The van der Waals surface area contributed by atoms with E-state index in [0.717, 1.165) is 69.8 Å². The minimum atomic E-state index is 0.0710. The lowest BCUT2D eigenvalue weighted by Crippen LogP contribution is -2.45. The molecule has 27 heavy (non-hydrogen) atoms. The number of piperidine rings is 2. The second-order valence-corrected chi connectivity index (χ2v) is 7.63. The smallest absolute Gasteiger partial charge is 0.268 e. The summed E-state index contributed by atoms with van der Waals surface area (Å²) in [4.78, 5) is 19.7. The molecular formula is C21H29N5O. The average Bonchev–Trinajstić information content (AvgIpc) is 3.21. The van der Waals surface area contributed by atoms with Crippen LogP contribution in [0.25, 0.3) is 0 Å². The lowest BCUT2D eigenvalue weighted by Gasteiger charge is -2.32. The lowest BCUT2D eigenvalue weighted by molar-refractivity contribution is 0.0895. The highest BCUT2D eigenvalue weighted by Gasteiger charge is 2.24. The first-order chi connectivity index (χ1) is 13.3. The number of carbonyl (C=O) groups excluding carboxylic acids is 1. The van der Waals surface area contributed by atoms with Gasteiger partial charge in [0.05, 0.1) is 5.69 Å². The van der Waals surface area contributed by atoms with E-state index in [-0.39, 0.29) is 11.9 Å². The van der Waals surface area contributed by atoms with Crippen LogP contribution in [0.2, 0.25) is 0 Å². The lowest BCUT2D eigenvalue weighted by atomic mass is 10.0. The predicted octanol–water partition coefficient (Wildman–Crippen LogP) is 2.20. The number of hydrogen-bond acceptors (Lipinski definition) is 4. The third-order valence-corrected chi connectivity index (χ3v) is 5.75. The highest BCUT2D eigenvalue weighted by molar-refractivity contribution is 5.93. The quantitative estimate of drug-likeness (QED) is 0.851. The maximum absolute atomic E-state index is 12.8. The number of pyridine rings is 1. The summed E-state index contributed by atoms with van der Waals surface area (Å²) in [5, 5.41) is 6.66. The molecule has 0 aromatic carbocycles. The number of likely N-dealkylation sites (tertiary alicyclic amines) is 1. The van der Waals surface area contributed by atoms with Crippen molar-refractivity contribution < 1.29 is 4.79 Å². The molecule has 0 atom stereocenters. The zero-order valence-electron chi connectivity index (χ0n) is 15.8. The normalized spacial score (nSPS) is 19.9. The summed E-state index contributed by atoms with van der Waals surface area (Å²) in [5.74, 6) is 0.0710. The molecule has 0 aliphatic carbocycles. The molecule has 2 aliphatic rings. The molecule has 0 saturated carbocycles. The van der Waals surface area contributed by atoms with Crippen molar-refractivity contribution in [3.05, 3.63) is 54.1 Å². The maximum Gasteiger partial charge on any atom is 0.268 e. The number of aromatic nitrogens is 2. The van der Waals surface area contributed by atoms with Crippen molar-refractivity contribution in [1.29, 1.82) is 0 Å². The largest absolute Gasteiger partial charge is 0.348 e. The van der Waals surface area contributed by atoms with Crippen molar-refractivity contribution in [2.24, 2.45) is 0 Å². The molecule has 2 aliphatic heterocycles. The predicted molar refractivity (Wildman–Crippen MR) is 106 cm³/mol. The maximum atomic E-state index is 12.8. The van der Waals surface area contributed by atoms with Crippen molar-refractivity contribution >= 4 is 5.91 Å². The molecule has 4 heterocycles. The van der Waals surface area contributed by atoms with Crippen molar-refractivity contribution in [2.45, 2.75) is 44.3 Å². The minimum Gasteiger partial charge on any atom is -0.348 e. The first kappa shape index (κ1) is 18.2. The van der Waals surface area contributed by atoms with Crippen LogP contribution < -0.4 is 10.6 Å². The topological polar surface area (TPSA) is 62.2 Å². The molecule has 6 nitrogen and oxygen atoms in total. The Bertz CT molecular complexity index is 730. The van der Waals surface area contributed by atoms with Crippen molar-refractivity contribution in [1.82, 2.24) is 25.1 Å². The Labute approximate surface area is 161 Å². The summed E-state index contributed by atoms with van der Waals surface area (Å²) in [5.41, 5.74) is 1.91. The van der Waals surface area contributed by atoms with Crippen LogP contribution in [0.1, 0.15) is 47.9 Å². The number of carbonyl (C=O) groups is 1. The van der Waals surface area contributed by atoms with Gasteiger partial charge in [-0.05, 0) is 63.0 Å². The third kappa shape index (κ3) is 4.57. The molecule has 6 heteroatoms. The summed E-state index contributed by atoms with van der Waals surface area (Å²) in [6.07, 6.45) is 8.06. The Balaban J connectivity index is 1.29. The van der Waals surface area contributed by atoms with E-state index < -0.39 is 0 Å². The van der Waals surface area contributed by atoms with E-state index in [2.05, 4.69) is 37.3 Å². The molecule has 4 rings (SSSR count). The zero-order valence-corrected chi connectivity index (χ0v) is 15.8. The van der Waals surface area contributed by atoms with Crippen LogP contribution >= 0.6 is 0 Å². The van der Waals surface area contributed by atoms with E-state index in [0.29, 0.717) is 6.04 Å². The van der Waals surface area contributed by atoms with E-state index in [1.54, 1.807) is 0 Å². The summed E-state index contributed by atoms with van der Waals surface area (Å²) >= 11 is 0. The van der Waals surface area contributed by atoms with Gasteiger partial charge in [-0.2, -0.15) is 0 Å². The van der Waals surface area contributed by atoms with Crippen LogP contribution in [-0.4, -0.2) is 52.6 Å². The Hall–Kier alpha value is -2.18. The average molecular weight is 367 g/mol. The van der Waals surface area contributed by atoms with Gasteiger partial charge in [0, 0.05) is 44.1 Å². The second kappa shape index (κ2) is 8.67. The van der Waals surface area contributed by atoms with Gasteiger partial charge in [0.15, 0.2) is 0 Å². The number of nitrogens with zero attached hydrogens (tertiary/aromatic N) is 3. The number of amides is 1. The minimum absolute atomic E-state index is 0.0710. The van der Waals surface area contributed by atoms with Gasteiger partial charge in [0.1, 0.15) is 5.69 Å². The third-order valence-electron chi connectivity index (χ3n) is 5.75. The van der Waals surface area contributed by atoms with E-state index in [9.17, 15) is 4.79 Å². The van der Waals surface area contributed by atoms with Crippen LogP contribution in [0.15, 0.2) is 42.7 Å². The van der Waals surface area contributed by atoms with Gasteiger partial charge in [-0.3, -0.25) is 14.7 Å². The molecule has 0 unspecified atom stereocenters. The SMILES string of the molecule is O=C(NC1CCN(Cc2ccccn2)CC1)c1cccn1C1CCNCC1. The van der Waals surface area contributed by atoms with Crippen molar-refractivity contribution in [2.75, 3.05) is 26.2 Å². The second-order valence-electron chi connectivity index (χ2n) is 7.63. The van der Waals surface area contributed by atoms with Gasteiger partial charge < -0.3 is 15.2 Å². The van der Waals surface area contributed by atoms with Crippen LogP contribution in [-0.2, 0) is 6.54 Å². The van der Waals surface area contributed by atoms with E-state index >= 15 is 0 Å². The van der Waals surface area contributed by atoms with Gasteiger partial charge in [0.25, 0.3) is 5.91 Å². The molecule has 2 N–H and O–H groups in total. The summed E-state index contributed by atoms with van der Waals surface area (Å²) in [6.45, 7) is 4.94. The molecule has 2 saturated heterocycles. The standard InChI is InChI=1S/C21H29N5O/c27-21(20-5-3-13-26(20)19-6-11-22-12-7-19)24-17-8-14-25(15-9-17)16-18-4-1-2-10-23-18/h1-5,10,13,17,19,22H,6-9,11-12,14-16H2,(H,24,27). The molecule has 2 fully saturated rings. The van der Waals surface area contributed by atoms with Crippen LogP contribution in [0, 0.1) is 0 Å². The summed E-state index contributed by atoms with van der Waals surface area (Å²) in [7, 11) is 0. The zero-order chi connectivity index (χ0) is 18.5. The molecular weight excluding hydrogens is 338 g/mol. The fourth-order valence-corrected chi connectivity index (χ4v) is 4.20. The molecule has 1 amide bonds. The first-order valence-corrected chi connectivity index (χ1v) is 10.1. The Morgan fingerprint density at radius 3 is 2.67 bits per heavy atom. The number of hydrogen-bond donors (Lipinski definition) is 2. The molecule has 0 bridgehead atoms. The van der Waals surface area contributed by atoms with Crippen molar-refractivity contribution in [3.8, 4) is 0 Å². The van der Waals surface area contributed by atoms with Crippen LogP contribution in [0.5, 0.6) is 0 Å². The summed E-state index contributed by atoms with van der Waals surface area (Å²) < 4.78 is 2.17. The fraction of sp³-hybridized carbons (Fsp3) is 0.524. The Morgan fingerprint density at radius 2 is 1.93 bits per heavy atom. The molecule has 0 radical (unpaired) electrons. The molecule has 144 valence electrons. The van der Waals surface area contributed by atoms with Gasteiger partial charge in [0.2, 0.25) is 0 Å². The van der Waals surface area contributed by atoms with E-state index in [1.165, 1.54) is 0 Å². The monoisotopic (exact) mass is 367 g/mol. The van der Waals surface area contributed by atoms with Gasteiger partial charge in [-0.15, -0.1) is 0 Å². The van der Waals surface area contributed by atoms with Crippen LogP contribution in [0.4, 0.5) is 0 Å². The van der Waals surface area contributed by atoms with Gasteiger partial charge >= 0.3 is 0 Å². The fourth-order valence-electron chi connectivity index (χ4n) is 4.20. The van der Waals surface area contributed by atoms with Gasteiger partial charge in [-0.25, -0.2) is 0 Å². The first-order valence-electron chi connectivity index (χ1n) is 10.1. The summed E-state index contributed by atoms with van der Waals surface area (Å²) in [6, 6.07) is 10.7. The van der Waals surface area contributed by atoms with Gasteiger partial charge in [-0.1, -0.05) is 6.07 Å². The highest BCUT2D eigenvalue weighted by Crippen LogP contribution is 2.22. The van der Waals surface area contributed by atoms with E-state index in [4.69, 9.17) is 0 Å². The number of rotatable bonds is 5. The van der Waals surface area contributed by atoms with Crippen molar-refractivity contribution in [3.63, 3.8) is 0 Å². The molecule has 2 aromatic rings. The Morgan fingerprint density at radius 1 is 1.11 bits per heavy atom.